The standard InChI is InChI=1S/C12H16.C9H19N/c1-10(2)11(3)9-12-7-5-4-6-8-12;1-3-5-8(4-2)10-9-6-7-9/h4-10H,1-3H3;8-10H,3-7H2,1-2H3/b11-9-;. The summed E-state index contributed by atoms with van der Waals surface area (Å²) >= 11 is 0. The van der Waals surface area contributed by atoms with Crippen molar-refractivity contribution in [2.75, 3.05) is 0 Å². The van der Waals surface area contributed by atoms with Crippen LogP contribution in [0.25, 0.3) is 6.08 Å². The summed E-state index contributed by atoms with van der Waals surface area (Å²) < 4.78 is 0. The molecule has 0 aromatic heterocycles. The van der Waals surface area contributed by atoms with E-state index in [2.05, 4.69) is 70.3 Å². The van der Waals surface area contributed by atoms with Crippen molar-refractivity contribution in [3.8, 4) is 0 Å². The van der Waals surface area contributed by atoms with Gasteiger partial charge < -0.3 is 5.32 Å². The average molecular weight is 302 g/mol. The highest BCUT2D eigenvalue weighted by atomic mass is 15.0. The Kier molecular flexibility index (Phi) is 9.15. The summed E-state index contributed by atoms with van der Waals surface area (Å²) in [5.41, 5.74) is 2.73. The average Bonchev–Trinajstić information content (AvgIpc) is 3.32. The van der Waals surface area contributed by atoms with E-state index in [0.29, 0.717) is 5.92 Å². The molecule has 0 bridgehead atoms. The van der Waals surface area contributed by atoms with Crippen LogP contribution in [0.5, 0.6) is 0 Å². The van der Waals surface area contributed by atoms with Crippen LogP contribution < -0.4 is 5.32 Å². The van der Waals surface area contributed by atoms with Crippen LogP contribution >= 0.6 is 0 Å². The first-order valence-corrected chi connectivity index (χ1v) is 9.06. The van der Waals surface area contributed by atoms with Gasteiger partial charge in [0, 0.05) is 12.1 Å². The lowest BCUT2D eigenvalue weighted by atomic mass is 10.0. The van der Waals surface area contributed by atoms with Crippen LogP contribution in [0.2, 0.25) is 0 Å². The molecule has 22 heavy (non-hydrogen) atoms. The maximum atomic E-state index is 3.64. The number of allylic oxidation sites excluding steroid dienone is 1. The summed E-state index contributed by atoms with van der Waals surface area (Å²) in [4.78, 5) is 0. The van der Waals surface area contributed by atoms with Gasteiger partial charge >= 0.3 is 0 Å². The fourth-order valence-corrected chi connectivity index (χ4v) is 2.32. The molecule has 0 spiro atoms. The summed E-state index contributed by atoms with van der Waals surface area (Å²) in [5.74, 6) is 0.644. The molecule has 0 radical (unpaired) electrons. The monoisotopic (exact) mass is 301 g/mol. The van der Waals surface area contributed by atoms with Crippen molar-refractivity contribution in [2.45, 2.75) is 78.8 Å². The molecule has 1 unspecified atom stereocenters. The Bertz CT molecular complexity index is 415. The number of hydrogen-bond acceptors (Lipinski definition) is 1. The molecule has 0 aliphatic heterocycles. The van der Waals surface area contributed by atoms with Crippen LogP contribution in [-0.2, 0) is 0 Å². The first kappa shape index (κ1) is 19.0. The minimum atomic E-state index is 0.644. The minimum absolute atomic E-state index is 0.644. The predicted molar refractivity (Wildman–Crippen MR) is 100 cm³/mol. The first-order chi connectivity index (χ1) is 10.6. The zero-order chi connectivity index (χ0) is 16.4. The molecular weight excluding hydrogens is 266 g/mol. The van der Waals surface area contributed by atoms with Gasteiger partial charge in [-0.15, -0.1) is 0 Å². The van der Waals surface area contributed by atoms with Crippen molar-refractivity contribution >= 4 is 6.08 Å². The van der Waals surface area contributed by atoms with Crippen molar-refractivity contribution in [2.24, 2.45) is 5.92 Å². The van der Waals surface area contributed by atoms with E-state index in [1.165, 1.54) is 43.2 Å². The van der Waals surface area contributed by atoms with E-state index in [1.807, 2.05) is 6.07 Å². The Balaban J connectivity index is 0.000000224. The molecule has 0 heterocycles. The molecule has 1 aliphatic carbocycles. The van der Waals surface area contributed by atoms with E-state index in [1.54, 1.807) is 0 Å². The lowest BCUT2D eigenvalue weighted by Crippen LogP contribution is -2.29. The van der Waals surface area contributed by atoms with Crippen LogP contribution in [0.4, 0.5) is 0 Å². The molecule has 1 aromatic rings. The SMILES string of the molecule is C/C(=C/c1ccccc1)C(C)C.CCCC(CC)NC1CC1. The number of hydrogen-bond donors (Lipinski definition) is 1. The molecule has 1 saturated carbocycles. The van der Waals surface area contributed by atoms with Crippen LogP contribution in [0, 0.1) is 5.92 Å². The molecule has 0 saturated heterocycles. The molecule has 1 nitrogen and oxygen atoms in total. The Morgan fingerprint density at radius 2 is 1.82 bits per heavy atom. The molecule has 1 fully saturated rings. The van der Waals surface area contributed by atoms with Gasteiger partial charge in [0.2, 0.25) is 0 Å². The highest BCUT2D eigenvalue weighted by Gasteiger charge is 2.22. The van der Waals surface area contributed by atoms with E-state index in [0.717, 1.165) is 12.1 Å². The normalized spacial score (nSPS) is 16.2. The van der Waals surface area contributed by atoms with Crippen LogP contribution in [-0.4, -0.2) is 12.1 Å². The van der Waals surface area contributed by atoms with E-state index < -0.39 is 0 Å². The topological polar surface area (TPSA) is 12.0 Å². The van der Waals surface area contributed by atoms with Crippen molar-refractivity contribution in [3.05, 3.63) is 41.5 Å². The largest absolute Gasteiger partial charge is 0.311 e. The Morgan fingerprint density at radius 3 is 2.27 bits per heavy atom. The molecule has 1 heteroatoms. The second-order valence-electron chi connectivity index (χ2n) is 6.79. The van der Waals surface area contributed by atoms with Gasteiger partial charge in [0.1, 0.15) is 0 Å². The third-order valence-electron chi connectivity index (χ3n) is 4.28. The van der Waals surface area contributed by atoms with Crippen LogP contribution in [0.1, 0.15) is 72.3 Å². The third-order valence-corrected chi connectivity index (χ3v) is 4.28. The first-order valence-electron chi connectivity index (χ1n) is 9.06. The smallest absolute Gasteiger partial charge is 0.00708 e. The van der Waals surface area contributed by atoms with Gasteiger partial charge in [0.05, 0.1) is 0 Å². The van der Waals surface area contributed by atoms with E-state index in [9.17, 15) is 0 Å². The summed E-state index contributed by atoms with van der Waals surface area (Å²) in [6.45, 7) is 11.1. The summed E-state index contributed by atoms with van der Waals surface area (Å²) in [5, 5.41) is 3.64. The summed E-state index contributed by atoms with van der Waals surface area (Å²) in [6.07, 6.45) is 9.04. The predicted octanol–water partition coefficient (Wildman–Crippen LogP) is 6.06. The molecule has 1 aromatic carbocycles. The quantitative estimate of drug-likeness (QED) is 0.645. The third kappa shape index (κ3) is 8.38. The van der Waals surface area contributed by atoms with Crippen molar-refractivity contribution in [3.63, 3.8) is 0 Å². The Hall–Kier alpha value is -1.08. The molecule has 1 N–H and O–H groups in total. The van der Waals surface area contributed by atoms with Gasteiger partial charge in [0.25, 0.3) is 0 Å². The number of rotatable bonds is 7. The molecule has 0 amide bonds. The highest BCUT2D eigenvalue weighted by molar-refractivity contribution is 5.52. The zero-order valence-electron chi connectivity index (χ0n) is 15.2. The second-order valence-corrected chi connectivity index (χ2v) is 6.79. The highest BCUT2D eigenvalue weighted by Crippen LogP contribution is 2.20. The van der Waals surface area contributed by atoms with Crippen molar-refractivity contribution in [1.29, 1.82) is 0 Å². The maximum absolute atomic E-state index is 3.64. The van der Waals surface area contributed by atoms with Gasteiger partial charge in [0.15, 0.2) is 0 Å². The van der Waals surface area contributed by atoms with Crippen molar-refractivity contribution < 1.29 is 0 Å². The lowest BCUT2D eigenvalue weighted by molar-refractivity contribution is 0.461. The van der Waals surface area contributed by atoms with E-state index >= 15 is 0 Å². The van der Waals surface area contributed by atoms with Gasteiger partial charge in [-0.25, -0.2) is 0 Å². The Morgan fingerprint density at radius 1 is 1.18 bits per heavy atom. The van der Waals surface area contributed by atoms with Gasteiger partial charge in [-0.05, 0) is 44.1 Å². The molecular formula is C21H35N. The summed E-state index contributed by atoms with van der Waals surface area (Å²) in [6, 6.07) is 12.1. The lowest BCUT2D eigenvalue weighted by Gasteiger charge is -2.14. The number of benzene rings is 1. The summed E-state index contributed by atoms with van der Waals surface area (Å²) in [7, 11) is 0. The van der Waals surface area contributed by atoms with Crippen LogP contribution in [0.15, 0.2) is 35.9 Å². The molecule has 1 atom stereocenters. The number of nitrogens with one attached hydrogen (secondary N) is 1. The van der Waals surface area contributed by atoms with Gasteiger partial charge in [-0.3, -0.25) is 0 Å². The Labute approximate surface area is 138 Å². The fraction of sp³-hybridized carbons (Fsp3) is 0.619. The van der Waals surface area contributed by atoms with Gasteiger partial charge in [-0.1, -0.05) is 76.1 Å². The van der Waals surface area contributed by atoms with E-state index in [-0.39, 0.29) is 0 Å². The zero-order valence-corrected chi connectivity index (χ0v) is 15.2. The molecule has 124 valence electrons. The van der Waals surface area contributed by atoms with Crippen molar-refractivity contribution in [1.82, 2.24) is 5.32 Å². The molecule has 1 aliphatic rings. The minimum Gasteiger partial charge on any atom is -0.311 e. The van der Waals surface area contributed by atoms with Crippen LogP contribution in [0.3, 0.4) is 0 Å². The maximum Gasteiger partial charge on any atom is 0.00708 e. The molecule has 2 rings (SSSR count). The van der Waals surface area contributed by atoms with E-state index in [4.69, 9.17) is 0 Å². The second kappa shape index (κ2) is 10.6. The van der Waals surface area contributed by atoms with Gasteiger partial charge in [-0.2, -0.15) is 0 Å². The fourth-order valence-electron chi connectivity index (χ4n) is 2.32.